The summed E-state index contributed by atoms with van der Waals surface area (Å²) in [5.74, 6) is -0.0188. The van der Waals surface area contributed by atoms with Crippen LogP contribution in [-0.2, 0) is 0 Å². The Balaban J connectivity index is 1.73. The fourth-order valence-corrected chi connectivity index (χ4v) is 3.27. The van der Waals surface area contributed by atoms with Crippen molar-refractivity contribution in [3.63, 3.8) is 0 Å². The number of benzene rings is 3. The molecule has 39 heavy (non-hydrogen) atoms. The van der Waals surface area contributed by atoms with E-state index in [2.05, 4.69) is 20.8 Å². The topological polar surface area (TPSA) is 170 Å². The third-order valence-corrected chi connectivity index (χ3v) is 5.37. The highest BCUT2D eigenvalue weighted by atomic mass is 16.3. The van der Waals surface area contributed by atoms with Crippen molar-refractivity contribution in [1.29, 1.82) is 0 Å². The Hall–Kier alpha value is -4.94. The van der Waals surface area contributed by atoms with Crippen molar-refractivity contribution in [2.75, 3.05) is 36.9 Å². The lowest BCUT2D eigenvalue weighted by atomic mass is 10.2. The molecule has 4 amide bonds. The number of carbonyl (C=O) groups is 2. The molecule has 0 aliphatic carbocycles. The van der Waals surface area contributed by atoms with E-state index < -0.39 is 12.1 Å². The number of amides is 4. The molecule has 12 heteroatoms. The zero-order valence-corrected chi connectivity index (χ0v) is 21.2. The van der Waals surface area contributed by atoms with Crippen LogP contribution in [0.2, 0.25) is 0 Å². The number of hydrogen-bond donors (Lipinski definition) is 6. The first-order valence-electron chi connectivity index (χ1n) is 12.0. The number of aryl methyl sites for hydroxylation is 1. The number of nitrogens with one attached hydrogen (secondary N) is 2. The molecule has 0 fully saturated rings. The molecule has 3 aromatic carbocycles. The molecule has 0 spiro atoms. The lowest BCUT2D eigenvalue weighted by Crippen LogP contribution is -2.34. The van der Waals surface area contributed by atoms with Crippen LogP contribution in [0.25, 0.3) is 0 Å². The van der Waals surface area contributed by atoms with E-state index in [0.29, 0.717) is 28.1 Å². The van der Waals surface area contributed by atoms with Gasteiger partial charge < -0.3 is 31.1 Å². The van der Waals surface area contributed by atoms with Crippen LogP contribution in [-0.4, -0.2) is 81.2 Å². The second-order valence-corrected chi connectivity index (χ2v) is 8.19. The summed E-state index contributed by atoms with van der Waals surface area (Å²) in [6.07, 6.45) is 2.61. The molecule has 0 aromatic heterocycles. The molecule has 0 radical (unpaired) electrons. The van der Waals surface area contributed by atoms with E-state index in [1.807, 2.05) is 0 Å². The molecule has 204 valence electrons. The number of nitrogens with zero attached hydrogens (tertiary/aromatic N) is 4. The Kier molecular flexibility index (Phi) is 10.4. The van der Waals surface area contributed by atoms with Crippen LogP contribution in [0.4, 0.5) is 21.0 Å². The number of hydrazone groups is 2. The highest BCUT2D eigenvalue weighted by Crippen LogP contribution is 2.22. The van der Waals surface area contributed by atoms with Crippen LogP contribution in [0.3, 0.4) is 0 Å². The maximum absolute atomic E-state index is 12.9. The fraction of sp³-hybridized carbons (Fsp3) is 0.185. The largest absolute Gasteiger partial charge is 0.507 e. The van der Waals surface area contributed by atoms with E-state index in [1.54, 1.807) is 61.5 Å². The van der Waals surface area contributed by atoms with E-state index >= 15 is 0 Å². The van der Waals surface area contributed by atoms with Crippen LogP contribution in [0, 0.1) is 6.92 Å². The molecule has 12 nitrogen and oxygen atoms in total. The zero-order chi connectivity index (χ0) is 28.2. The Morgan fingerprint density at radius 1 is 0.769 bits per heavy atom. The molecule has 0 bridgehead atoms. The van der Waals surface area contributed by atoms with E-state index in [4.69, 9.17) is 0 Å². The Morgan fingerprint density at radius 2 is 1.26 bits per heavy atom. The van der Waals surface area contributed by atoms with Crippen LogP contribution in [0.15, 0.2) is 76.9 Å². The van der Waals surface area contributed by atoms with Crippen molar-refractivity contribution >= 4 is 35.9 Å². The van der Waals surface area contributed by atoms with Crippen LogP contribution < -0.4 is 10.6 Å². The molecule has 3 aromatic rings. The van der Waals surface area contributed by atoms with Crippen molar-refractivity contribution in [3.8, 4) is 11.5 Å². The molecular formula is C27H30N6O6. The van der Waals surface area contributed by atoms with Crippen molar-refractivity contribution in [3.05, 3.63) is 83.4 Å². The van der Waals surface area contributed by atoms with Gasteiger partial charge in [0.1, 0.15) is 11.5 Å². The van der Waals surface area contributed by atoms with E-state index in [-0.39, 0.29) is 37.8 Å². The number of aromatic hydroxyl groups is 2. The normalized spacial score (nSPS) is 11.1. The first kappa shape index (κ1) is 28.6. The number of carbonyl (C=O) groups excluding carboxylic acids is 2. The van der Waals surface area contributed by atoms with Gasteiger partial charge in [-0.05, 0) is 48.9 Å². The number of aliphatic hydroxyl groups is 2. The SMILES string of the molecule is Cc1ccc(NC(=O)N(CCO)/N=C/c2ccccc2O)cc1NC(=O)N(CCO)/N=C/c1ccccc1O. The second kappa shape index (κ2) is 14.1. The number of rotatable bonds is 10. The maximum atomic E-state index is 12.9. The van der Waals surface area contributed by atoms with Gasteiger partial charge in [0.05, 0.1) is 38.7 Å². The molecule has 3 rings (SSSR count). The number of phenols is 2. The Bertz CT molecular complexity index is 1350. The van der Waals surface area contributed by atoms with Gasteiger partial charge in [-0.2, -0.15) is 10.2 Å². The Labute approximate surface area is 225 Å². The van der Waals surface area contributed by atoms with Crippen molar-refractivity contribution < 1.29 is 30.0 Å². The van der Waals surface area contributed by atoms with Gasteiger partial charge >= 0.3 is 12.1 Å². The number of para-hydroxylation sites is 2. The number of anilines is 2. The van der Waals surface area contributed by atoms with Crippen molar-refractivity contribution in [2.24, 2.45) is 10.2 Å². The lowest BCUT2D eigenvalue weighted by Gasteiger charge is -2.19. The molecule has 0 unspecified atom stereocenters. The minimum Gasteiger partial charge on any atom is -0.507 e. The van der Waals surface area contributed by atoms with Gasteiger partial charge in [0.2, 0.25) is 0 Å². The van der Waals surface area contributed by atoms with Gasteiger partial charge in [-0.15, -0.1) is 0 Å². The third kappa shape index (κ3) is 8.28. The smallest absolute Gasteiger partial charge is 0.342 e. The molecule has 6 N–H and O–H groups in total. The summed E-state index contributed by atoms with van der Waals surface area (Å²) in [7, 11) is 0. The predicted molar refractivity (Wildman–Crippen MR) is 148 cm³/mol. The summed E-state index contributed by atoms with van der Waals surface area (Å²) in [6.45, 7) is 0.871. The van der Waals surface area contributed by atoms with E-state index in [9.17, 15) is 30.0 Å². The molecule has 0 saturated carbocycles. The molecular weight excluding hydrogens is 504 g/mol. The van der Waals surface area contributed by atoms with Gasteiger partial charge in [0.25, 0.3) is 0 Å². The number of aliphatic hydroxyl groups excluding tert-OH is 2. The number of phenolic OH excluding ortho intramolecular Hbond substituents is 2. The van der Waals surface area contributed by atoms with Crippen molar-refractivity contribution in [1.82, 2.24) is 10.0 Å². The average molecular weight is 535 g/mol. The van der Waals surface area contributed by atoms with Gasteiger partial charge in [-0.1, -0.05) is 30.3 Å². The quantitative estimate of drug-likeness (QED) is 0.172. The van der Waals surface area contributed by atoms with Gasteiger partial charge in [-0.3, -0.25) is 0 Å². The van der Waals surface area contributed by atoms with Gasteiger partial charge in [-0.25, -0.2) is 19.6 Å². The maximum Gasteiger partial charge on any atom is 0.342 e. The number of urea groups is 2. The van der Waals surface area contributed by atoms with Gasteiger partial charge in [0.15, 0.2) is 0 Å². The van der Waals surface area contributed by atoms with Crippen molar-refractivity contribution in [2.45, 2.75) is 6.92 Å². The first-order valence-corrected chi connectivity index (χ1v) is 12.0. The highest BCUT2D eigenvalue weighted by molar-refractivity contribution is 5.94. The van der Waals surface area contributed by atoms with Crippen LogP contribution in [0.5, 0.6) is 11.5 Å². The van der Waals surface area contributed by atoms with E-state index in [1.165, 1.54) is 24.6 Å². The van der Waals surface area contributed by atoms with Crippen LogP contribution >= 0.6 is 0 Å². The summed E-state index contributed by atoms with van der Waals surface area (Å²) in [5.41, 5.74) is 2.20. The molecule has 0 aliphatic rings. The first-order chi connectivity index (χ1) is 18.8. The summed E-state index contributed by atoms with van der Waals surface area (Å²) in [4.78, 5) is 25.7. The molecule has 0 saturated heterocycles. The summed E-state index contributed by atoms with van der Waals surface area (Å²) in [6, 6.07) is 16.5. The molecule has 0 heterocycles. The highest BCUT2D eigenvalue weighted by Gasteiger charge is 2.16. The minimum atomic E-state index is -0.647. The fourth-order valence-electron chi connectivity index (χ4n) is 3.27. The summed E-state index contributed by atoms with van der Waals surface area (Å²) < 4.78 is 0. The third-order valence-electron chi connectivity index (χ3n) is 5.37. The predicted octanol–water partition coefficient (Wildman–Crippen LogP) is 3.13. The Morgan fingerprint density at radius 3 is 1.74 bits per heavy atom. The lowest BCUT2D eigenvalue weighted by molar-refractivity contribution is 0.191. The standard InChI is InChI=1S/C27H30N6O6/c1-19-10-11-22(30-26(38)32(12-14-34)28-17-20-6-2-4-8-24(20)36)16-23(19)31-27(39)33(13-15-35)29-18-21-7-3-5-9-25(21)37/h2-11,16-18,34-37H,12-15H2,1H3,(H,30,38)(H,31,39)/b28-17+,29-18+. The zero-order valence-electron chi connectivity index (χ0n) is 21.2. The second-order valence-electron chi connectivity index (χ2n) is 8.19. The van der Waals surface area contributed by atoms with Gasteiger partial charge in [0, 0.05) is 22.5 Å². The molecule has 0 aliphatic heterocycles. The minimum absolute atomic E-state index is 0.00922. The van der Waals surface area contributed by atoms with Crippen LogP contribution in [0.1, 0.15) is 16.7 Å². The molecule has 0 atom stereocenters. The number of hydrogen-bond acceptors (Lipinski definition) is 8. The van der Waals surface area contributed by atoms with E-state index in [0.717, 1.165) is 10.0 Å². The summed E-state index contributed by atoms with van der Waals surface area (Å²) in [5, 5.41) is 54.1. The summed E-state index contributed by atoms with van der Waals surface area (Å²) >= 11 is 0. The monoisotopic (exact) mass is 534 g/mol. The average Bonchev–Trinajstić information content (AvgIpc) is 2.92.